The Morgan fingerprint density at radius 1 is 1.04 bits per heavy atom. The topological polar surface area (TPSA) is 90.9 Å². The summed E-state index contributed by atoms with van der Waals surface area (Å²) in [6, 6.07) is 13.9. The molecule has 2 aromatic carbocycles. The molecule has 0 aliphatic rings. The highest BCUT2D eigenvalue weighted by molar-refractivity contribution is 5.86. The van der Waals surface area contributed by atoms with Gasteiger partial charge in [0.25, 0.3) is 5.56 Å². The number of carbonyl (C=O) groups is 1. The number of aryl methyl sites for hydroxylation is 1. The van der Waals surface area contributed by atoms with Crippen LogP contribution in [0.1, 0.15) is 5.56 Å². The summed E-state index contributed by atoms with van der Waals surface area (Å²) >= 11 is 0. The van der Waals surface area contributed by atoms with Crippen molar-refractivity contribution in [2.24, 2.45) is 14.1 Å². The van der Waals surface area contributed by atoms with Crippen molar-refractivity contribution in [2.75, 3.05) is 0 Å². The molecule has 0 aliphatic heterocycles. The molecule has 28 heavy (non-hydrogen) atoms. The first kappa shape index (κ1) is 17.7. The fourth-order valence-corrected chi connectivity index (χ4v) is 3.37. The number of carbonyl (C=O) groups excluding carboxylic acids is 1. The SMILES string of the molecule is Cn1c(=O)c2c(ncn2CC(=O)NCc2cccc3ccccc23)n(C)c1=O. The molecule has 0 unspecified atom stereocenters. The zero-order valence-electron chi connectivity index (χ0n) is 15.5. The quantitative estimate of drug-likeness (QED) is 0.572. The number of nitrogens with one attached hydrogen (secondary N) is 1. The minimum Gasteiger partial charge on any atom is -0.350 e. The second kappa shape index (κ2) is 6.80. The average Bonchev–Trinajstić information content (AvgIpc) is 3.12. The Labute approximate surface area is 159 Å². The predicted octanol–water partition coefficient (Wildman–Crippen LogP) is 0.903. The van der Waals surface area contributed by atoms with Gasteiger partial charge in [-0.3, -0.25) is 18.7 Å². The van der Waals surface area contributed by atoms with Gasteiger partial charge < -0.3 is 9.88 Å². The third-order valence-electron chi connectivity index (χ3n) is 4.89. The highest BCUT2D eigenvalue weighted by Gasteiger charge is 2.16. The Bertz CT molecular complexity index is 1320. The molecule has 8 nitrogen and oxygen atoms in total. The van der Waals surface area contributed by atoms with E-state index < -0.39 is 11.2 Å². The number of nitrogens with zero attached hydrogens (tertiary/aromatic N) is 4. The molecule has 0 fully saturated rings. The molecule has 0 spiro atoms. The maximum absolute atomic E-state index is 12.5. The lowest BCUT2D eigenvalue weighted by atomic mass is 10.0. The van der Waals surface area contributed by atoms with E-state index in [1.54, 1.807) is 7.05 Å². The normalized spacial score (nSPS) is 11.2. The Morgan fingerprint density at radius 3 is 2.61 bits per heavy atom. The van der Waals surface area contributed by atoms with Crippen LogP contribution >= 0.6 is 0 Å². The molecule has 0 saturated heterocycles. The number of fused-ring (bicyclic) bond motifs is 2. The standard InChI is InChI=1S/C20H19N5O3/c1-23-18-17(19(27)24(2)20(23)28)25(12-22-18)11-16(26)21-10-14-8-5-7-13-6-3-4-9-15(13)14/h3-9,12H,10-11H2,1-2H3,(H,21,26). The number of amides is 1. The van der Waals surface area contributed by atoms with Crippen molar-refractivity contribution in [3.05, 3.63) is 75.2 Å². The van der Waals surface area contributed by atoms with Crippen LogP contribution in [0.3, 0.4) is 0 Å². The van der Waals surface area contributed by atoms with E-state index in [0.717, 1.165) is 20.9 Å². The fraction of sp³-hybridized carbons (Fsp3) is 0.200. The Hall–Kier alpha value is -3.68. The minimum atomic E-state index is -0.475. The van der Waals surface area contributed by atoms with Gasteiger partial charge in [-0.15, -0.1) is 0 Å². The van der Waals surface area contributed by atoms with E-state index in [4.69, 9.17) is 0 Å². The average molecular weight is 377 g/mol. The fourth-order valence-electron chi connectivity index (χ4n) is 3.37. The number of benzene rings is 2. The summed E-state index contributed by atoms with van der Waals surface area (Å²) in [5, 5.41) is 5.09. The Balaban J connectivity index is 1.58. The van der Waals surface area contributed by atoms with Crippen molar-refractivity contribution >= 4 is 27.8 Å². The zero-order chi connectivity index (χ0) is 19.8. The van der Waals surface area contributed by atoms with Gasteiger partial charge in [0.2, 0.25) is 5.91 Å². The molecule has 1 amide bonds. The maximum Gasteiger partial charge on any atom is 0.332 e. The Kier molecular flexibility index (Phi) is 4.31. The molecule has 0 aliphatic carbocycles. The number of imidazole rings is 1. The second-order valence-electron chi connectivity index (χ2n) is 6.67. The van der Waals surface area contributed by atoms with Crippen molar-refractivity contribution in [1.82, 2.24) is 24.0 Å². The summed E-state index contributed by atoms with van der Waals surface area (Å²) in [5.74, 6) is -0.247. The van der Waals surface area contributed by atoms with Gasteiger partial charge in [-0.05, 0) is 16.3 Å². The monoisotopic (exact) mass is 377 g/mol. The molecule has 4 rings (SSSR count). The van der Waals surface area contributed by atoms with Crippen molar-refractivity contribution in [3.8, 4) is 0 Å². The highest BCUT2D eigenvalue weighted by atomic mass is 16.2. The van der Waals surface area contributed by atoms with Crippen molar-refractivity contribution in [2.45, 2.75) is 13.1 Å². The van der Waals surface area contributed by atoms with Crippen molar-refractivity contribution < 1.29 is 4.79 Å². The van der Waals surface area contributed by atoms with E-state index >= 15 is 0 Å². The van der Waals surface area contributed by atoms with Gasteiger partial charge in [0.1, 0.15) is 6.54 Å². The van der Waals surface area contributed by atoms with E-state index in [0.29, 0.717) is 6.54 Å². The smallest absolute Gasteiger partial charge is 0.332 e. The molecular weight excluding hydrogens is 358 g/mol. The lowest BCUT2D eigenvalue weighted by Crippen LogP contribution is -2.38. The molecule has 4 aromatic rings. The van der Waals surface area contributed by atoms with E-state index in [1.165, 1.54) is 22.5 Å². The summed E-state index contributed by atoms with van der Waals surface area (Å²) in [6.07, 6.45) is 1.41. The van der Waals surface area contributed by atoms with Crippen LogP contribution in [0.25, 0.3) is 21.9 Å². The highest BCUT2D eigenvalue weighted by Crippen LogP contribution is 2.18. The van der Waals surface area contributed by atoms with Crippen LogP contribution in [0.4, 0.5) is 0 Å². The van der Waals surface area contributed by atoms with E-state index in [-0.39, 0.29) is 23.6 Å². The number of hydrogen-bond acceptors (Lipinski definition) is 4. The third kappa shape index (κ3) is 2.88. The van der Waals surface area contributed by atoms with Crippen LogP contribution in [0.2, 0.25) is 0 Å². The van der Waals surface area contributed by atoms with Gasteiger partial charge in [-0.2, -0.15) is 0 Å². The summed E-state index contributed by atoms with van der Waals surface area (Å²) in [6.45, 7) is 0.317. The van der Waals surface area contributed by atoms with Crippen LogP contribution in [-0.4, -0.2) is 24.6 Å². The first-order valence-electron chi connectivity index (χ1n) is 8.81. The van der Waals surface area contributed by atoms with Gasteiger partial charge in [0.15, 0.2) is 11.2 Å². The molecule has 2 aromatic heterocycles. The van der Waals surface area contributed by atoms with Crippen molar-refractivity contribution in [3.63, 3.8) is 0 Å². The first-order chi connectivity index (χ1) is 13.5. The van der Waals surface area contributed by atoms with Gasteiger partial charge >= 0.3 is 5.69 Å². The van der Waals surface area contributed by atoms with Crippen LogP contribution in [0.5, 0.6) is 0 Å². The maximum atomic E-state index is 12.5. The summed E-state index contributed by atoms with van der Waals surface area (Å²) in [4.78, 5) is 41.0. The molecule has 1 N–H and O–H groups in total. The van der Waals surface area contributed by atoms with Gasteiger partial charge in [-0.25, -0.2) is 9.78 Å². The third-order valence-corrected chi connectivity index (χ3v) is 4.89. The van der Waals surface area contributed by atoms with Crippen molar-refractivity contribution in [1.29, 1.82) is 0 Å². The molecule has 8 heteroatoms. The predicted molar refractivity (Wildman–Crippen MR) is 106 cm³/mol. The summed E-state index contributed by atoms with van der Waals surface area (Å²) in [5.41, 5.74) is 0.570. The summed E-state index contributed by atoms with van der Waals surface area (Å²) in [7, 11) is 2.95. The largest absolute Gasteiger partial charge is 0.350 e. The molecule has 0 saturated carbocycles. The lowest BCUT2D eigenvalue weighted by molar-refractivity contribution is -0.121. The van der Waals surface area contributed by atoms with Crippen LogP contribution in [0, 0.1) is 0 Å². The molecular formula is C20H19N5O3. The Morgan fingerprint density at radius 2 is 1.79 bits per heavy atom. The first-order valence-corrected chi connectivity index (χ1v) is 8.81. The van der Waals surface area contributed by atoms with Gasteiger partial charge in [-0.1, -0.05) is 42.5 Å². The van der Waals surface area contributed by atoms with E-state index in [9.17, 15) is 14.4 Å². The lowest BCUT2D eigenvalue weighted by Gasteiger charge is -2.10. The number of rotatable bonds is 4. The zero-order valence-corrected chi connectivity index (χ0v) is 15.5. The number of aromatic nitrogens is 4. The minimum absolute atomic E-state index is 0.0608. The molecule has 2 heterocycles. The second-order valence-corrected chi connectivity index (χ2v) is 6.67. The summed E-state index contributed by atoms with van der Waals surface area (Å²) < 4.78 is 3.77. The van der Waals surface area contributed by atoms with E-state index in [2.05, 4.69) is 10.3 Å². The molecule has 0 bridgehead atoms. The van der Waals surface area contributed by atoms with E-state index in [1.807, 2.05) is 42.5 Å². The van der Waals surface area contributed by atoms with Gasteiger partial charge in [0, 0.05) is 20.6 Å². The molecule has 142 valence electrons. The van der Waals surface area contributed by atoms with Crippen LogP contribution in [0.15, 0.2) is 58.4 Å². The van der Waals surface area contributed by atoms with Gasteiger partial charge in [0.05, 0.1) is 6.33 Å². The molecule has 0 radical (unpaired) electrons. The number of hydrogen-bond donors (Lipinski definition) is 1. The molecule has 0 atom stereocenters. The van der Waals surface area contributed by atoms with Crippen LogP contribution < -0.4 is 16.6 Å². The van der Waals surface area contributed by atoms with Crippen LogP contribution in [-0.2, 0) is 32.0 Å².